The molecule has 0 aliphatic rings. The fraction of sp³-hybridized carbons (Fsp3) is 0.222. The third kappa shape index (κ3) is 1.60. The molecule has 2 aromatic rings. The number of ether oxygens (including phenoxy) is 1. The number of carbonyl (C=O) groups is 1. The molecule has 0 unspecified atom stereocenters. The van der Waals surface area contributed by atoms with Gasteiger partial charge in [0.05, 0.1) is 16.2 Å². The molecule has 0 saturated carbocycles. The maximum absolute atomic E-state index is 11.5. The Labute approximate surface area is 97.6 Å². The molecule has 5 heteroatoms. The van der Waals surface area contributed by atoms with Crippen LogP contribution in [-0.4, -0.2) is 12.6 Å². The van der Waals surface area contributed by atoms with Gasteiger partial charge in [0, 0.05) is 20.6 Å². The summed E-state index contributed by atoms with van der Waals surface area (Å²) in [6.07, 6.45) is 0. The van der Waals surface area contributed by atoms with Gasteiger partial charge < -0.3 is 4.74 Å². The van der Waals surface area contributed by atoms with Crippen molar-refractivity contribution in [2.45, 2.75) is 6.92 Å². The molecule has 2 aromatic heterocycles. The van der Waals surface area contributed by atoms with Crippen LogP contribution in [0.1, 0.15) is 17.3 Å². The average Bonchev–Trinajstić information content (AvgIpc) is 2.70. The molecular formula is C9H7BrO2S2. The van der Waals surface area contributed by atoms with Crippen molar-refractivity contribution in [3.63, 3.8) is 0 Å². The van der Waals surface area contributed by atoms with E-state index in [-0.39, 0.29) is 5.97 Å². The van der Waals surface area contributed by atoms with Gasteiger partial charge in [-0.05, 0) is 22.9 Å². The Morgan fingerprint density at radius 1 is 1.50 bits per heavy atom. The lowest BCUT2D eigenvalue weighted by Gasteiger charge is -1.98. The number of rotatable bonds is 2. The van der Waals surface area contributed by atoms with Crippen LogP contribution >= 0.6 is 38.6 Å². The van der Waals surface area contributed by atoms with E-state index in [0.29, 0.717) is 12.2 Å². The average molecular weight is 291 g/mol. The van der Waals surface area contributed by atoms with Gasteiger partial charge >= 0.3 is 5.97 Å². The largest absolute Gasteiger partial charge is 0.462 e. The topological polar surface area (TPSA) is 26.3 Å². The number of thiophene rings is 2. The summed E-state index contributed by atoms with van der Waals surface area (Å²) in [4.78, 5) is 11.5. The van der Waals surface area contributed by atoms with Crippen molar-refractivity contribution in [3.05, 3.63) is 20.8 Å². The minimum absolute atomic E-state index is 0.238. The second kappa shape index (κ2) is 4.00. The van der Waals surface area contributed by atoms with Crippen LogP contribution in [0.25, 0.3) is 9.40 Å². The zero-order chi connectivity index (χ0) is 10.1. The summed E-state index contributed by atoms with van der Waals surface area (Å²) in [6.45, 7) is 2.22. The molecule has 0 N–H and O–H groups in total. The van der Waals surface area contributed by atoms with Gasteiger partial charge in [0.2, 0.25) is 0 Å². The maximum Gasteiger partial charge on any atom is 0.339 e. The van der Waals surface area contributed by atoms with Crippen LogP contribution < -0.4 is 0 Å². The molecule has 0 aromatic carbocycles. The summed E-state index contributed by atoms with van der Waals surface area (Å²) >= 11 is 6.64. The van der Waals surface area contributed by atoms with Gasteiger partial charge in [-0.1, -0.05) is 0 Å². The number of esters is 1. The molecule has 0 amide bonds. The third-order valence-electron chi connectivity index (χ3n) is 1.76. The molecule has 0 aliphatic carbocycles. The molecule has 0 spiro atoms. The van der Waals surface area contributed by atoms with Crippen LogP contribution in [0.4, 0.5) is 0 Å². The fourth-order valence-corrected chi connectivity index (χ4v) is 4.08. The molecule has 2 rings (SSSR count). The maximum atomic E-state index is 11.5. The predicted molar refractivity (Wildman–Crippen MR) is 63.4 cm³/mol. The number of hydrogen-bond donors (Lipinski definition) is 0. The third-order valence-corrected chi connectivity index (χ3v) is 4.81. The summed E-state index contributed by atoms with van der Waals surface area (Å²) in [7, 11) is 0. The van der Waals surface area contributed by atoms with Crippen LogP contribution in [-0.2, 0) is 4.74 Å². The van der Waals surface area contributed by atoms with E-state index >= 15 is 0 Å². The normalized spacial score (nSPS) is 10.7. The Bertz CT molecular complexity index is 472. The van der Waals surface area contributed by atoms with Crippen molar-refractivity contribution in [2.24, 2.45) is 0 Å². The fourth-order valence-electron chi connectivity index (χ4n) is 1.18. The Morgan fingerprint density at radius 2 is 2.21 bits per heavy atom. The zero-order valence-corrected chi connectivity index (χ0v) is 10.6. The monoisotopic (exact) mass is 290 g/mol. The summed E-state index contributed by atoms with van der Waals surface area (Å²) in [6, 6.07) is 0. The van der Waals surface area contributed by atoms with Crippen molar-refractivity contribution >= 4 is 54.0 Å². The van der Waals surface area contributed by atoms with E-state index in [1.807, 2.05) is 17.7 Å². The van der Waals surface area contributed by atoms with Gasteiger partial charge in [0.1, 0.15) is 0 Å². The zero-order valence-electron chi connectivity index (χ0n) is 7.37. The highest BCUT2D eigenvalue weighted by atomic mass is 79.9. The number of fused-ring (bicyclic) bond motifs is 1. The summed E-state index contributed by atoms with van der Waals surface area (Å²) in [5.74, 6) is -0.238. The van der Waals surface area contributed by atoms with Crippen molar-refractivity contribution in [1.29, 1.82) is 0 Å². The minimum atomic E-state index is -0.238. The van der Waals surface area contributed by atoms with E-state index in [0.717, 1.165) is 13.9 Å². The number of carbonyl (C=O) groups excluding carboxylic acids is 1. The van der Waals surface area contributed by atoms with Crippen molar-refractivity contribution in [2.75, 3.05) is 6.61 Å². The highest BCUT2D eigenvalue weighted by molar-refractivity contribution is 9.10. The molecular weight excluding hydrogens is 284 g/mol. The lowest BCUT2D eigenvalue weighted by atomic mass is 10.2. The Hall–Kier alpha value is -0.390. The molecule has 0 fully saturated rings. The molecule has 0 aliphatic heterocycles. The molecule has 14 heavy (non-hydrogen) atoms. The molecule has 0 atom stereocenters. The van der Waals surface area contributed by atoms with Crippen molar-refractivity contribution in [1.82, 2.24) is 0 Å². The Morgan fingerprint density at radius 3 is 2.93 bits per heavy atom. The van der Waals surface area contributed by atoms with Gasteiger partial charge in [-0.2, -0.15) is 0 Å². The van der Waals surface area contributed by atoms with Crippen molar-refractivity contribution in [3.8, 4) is 0 Å². The SMILES string of the molecule is CCOC(=O)c1csc2scc(Br)c12. The van der Waals surface area contributed by atoms with Gasteiger partial charge in [-0.25, -0.2) is 4.79 Å². The molecule has 0 bridgehead atoms. The van der Waals surface area contributed by atoms with E-state index in [4.69, 9.17) is 4.74 Å². The Kier molecular flexibility index (Phi) is 2.90. The first-order valence-corrected chi connectivity index (χ1v) is 6.60. The van der Waals surface area contributed by atoms with Crippen LogP contribution in [0, 0.1) is 0 Å². The standard InChI is InChI=1S/C9H7BrO2S2/c1-2-12-8(11)5-3-13-9-7(5)6(10)4-14-9/h3-4H,2H2,1H3. The van der Waals surface area contributed by atoms with Crippen molar-refractivity contribution < 1.29 is 9.53 Å². The van der Waals surface area contributed by atoms with E-state index in [2.05, 4.69) is 15.9 Å². The van der Waals surface area contributed by atoms with Crippen LogP contribution in [0.15, 0.2) is 15.2 Å². The van der Waals surface area contributed by atoms with E-state index in [1.165, 1.54) is 0 Å². The van der Waals surface area contributed by atoms with Crippen LogP contribution in [0.3, 0.4) is 0 Å². The van der Waals surface area contributed by atoms with Gasteiger partial charge in [0.15, 0.2) is 0 Å². The molecule has 0 saturated heterocycles. The highest BCUT2D eigenvalue weighted by Crippen LogP contribution is 2.37. The molecule has 2 nitrogen and oxygen atoms in total. The lowest BCUT2D eigenvalue weighted by molar-refractivity contribution is 0.0529. The first kappa shape index (κ1) is 10.1. The number of halogens is 1. The van der Waals surface area contributed by atoms with E-state index < -0.39 is 0 Å². The second-order valence-corrected chi connectivity index (χ2v) is 5.49. The van der Waals surface area contributed by atoms with E-state index in [1.54, 1.807) is 22.7 Å². The minimum Gasteiger partial charge on any atom is -0.462 e. The van der Waals surface area contributed by atoms with Gasteiger partial charge in [-0.3, -0.25) is 0 Å². The molecule has 0 radical (unpaired) electrons. The lowest BCUT2D eigenvalue weighted by Crippen LogP contribution is -2.03. The highest BCUT2D eigenvalue weighted by Gasteiger charge is 2.16. The van der Waals surface area contributed by atoms with Gasteiger partial charge in [0.25, 0.3) is 0 Å². The number of hydrogen-bond acceptors (Lipinski definition) is 4. The molecule has 74 valence electrons. The molecule has 2 heterocycles. The summed E-state index contributed by atoms with van der Waals surface area (Å²) in [5, 5.41) is 4.83. The first-order chi connectivity index (χ1) is 6.74. The quantitative estimate of drug-likeness (QED) is 0.784. The van der Waals surface area contributed by atoms with E-state index in [9.17, 15) is 4.79 Å². The summed E-state index contributed by atoms with van der Waals surface area (Å²) in [5.41, 5.74) is 0.667. The smallest absolute Gasteiger partial charge is 0.339 e. The second-order valence-electron chi connectivity index (χ2n) is 2.62. The first-order valence-electron chi connectivity index (χ1n) is 4.05. The van der Waals surface area contributed by atoms with Gasteiger partial charge in [-0.15, -0.1) is 22.7 Å². The van der Waals surface area contributed by atoms with Crippen LogP contribution in [0.2, 0.25) is 0 Å². The summed E-state index contributed by atoms with van der Waals surface area (Å²) < 4.78 is 7.10. The predicted octanol–water partition coefficient (Wildman–Crippen LogP) is 3.90. The Balaban J connectivity index is 2.51. The van der Waals surface area contributed by atoms with Crippen LogP contribution in [0.5, 0.6) is 0 Å².